The number of benzene rings is 2. The second-order valence-corrected chi connectivity index (χ2v) is 6.07. The number of nitrogens with one attached hydrogen (secondary N) is 1. The molecule has 0 aliphatic carbocycles. The number of nitrogens with zero attached hydrogens (tertiary/aromatic N) is 1. The van der Waals surface area contributed by atoms with Gasteiger partial charge >= 0.3 is 6.03 Å². The van der Waals surface area contributed by atoms with E-state index in [0.717, 1.165) is 24.1 Å². The lowest BCUT2D eigenvalue weighted by molar-refractivity contribution is 0.174. The maximum atomic E-state index is 13.7. The van der Waals surface area contributed by atoms with Crippen molar-refractivity contribution in [2.24, 2.45) is 0 Å². The molecule has 1 N–H and O–H groups in total. The van der Waals surface area contributed by atoms with Crippen molar-refractivity contribution in [3.8, 4) is 11.5 Å². The number of para-hydroxylation sites is 1. The van der Waals surface area contributed by atoms with Crippen LogP contribution in [0, 0.1) is 11.6 Å². The van der Waals surface area contributed by atoms with E-state index in [1.54, 1.807) is 4.90 Å². The van der Waals surface area contributed by atoms with Crippen LogP contribution in [0.1, 0.15) is 17.9 Å². The van der Waals surface area contributed by atoms with Crippen LogP contribution < -0.4 is 14.8 Å². The maximum Gasteiger partial charge on any atom is 0.322 e. The SMILES string of the molecule is O=C(Nc1c(F)cccc1F)N1CCC(c2ccc3c(c2)OCO3)C1. The monoisotopic (exact) mass is 346 g/mol. The predicted molar refractivity (Wildman–Crippen MR) is 86.9 cm³/mol. The van der Waals surface area contributed by atoms with Crippen LogP contribution in [0.25, 0.3) is 0 Å². The van der Waals surface area contributed by atoms with Gasteiger partial charge in [-0.05, 0) is 36.2 Å². The molecule has 1 atom stereocenters. The van der Waals surface area contributed by atoms with Crippen LogP contribution in [0.4, 0.5) is 19.3 Å². The van der Waals surface area contributed by atoms with E-state index in [4.69, 9.17) is 9.47 Å². The summed E-state index contributed by atoms with van der Waals surface area (Å²) < 4.78 is 38.0. The molecule has 2 heterocycles. The average Bonchev–Trinajstić information content (AvgIpc) is 3.26. The van der Waals surface area contributed by atoms with Gasteiger partial charge in [-0.15, -0.1) is 0 Å². The fourth-order valence-corrected chi connectivity index (χ4v) is 3.19. The number of fused-ring (bicyclic) bond motifs is 1. The van der Waals surface area contributed by atoms with Crippen molar-refractivity contribution in [2.45, 2.75) is 12.3 Å². The molecule has 0 bridgehead atoms. The Morgan fingerprint density at radius 3 is 2.68 bits per heavy atom. The molecule has 1 fully saturated rings. The van der Waals surface area contributed by atoms with Gasteiger partial charge in [0.1, 0.15) is 17.3 Å². The van der Waals surface area contributed by atoms with Crippen LogP contribution in [0.5, 0.6) is 11.5 Å². The normalized spacial score (nSPS) is 18.5. The summed E-state index contributed by atoms with van der Waals surface area (Å²) in [5, 5.41) is 2.33. The first kappa shape index (κ1) is 15.7. The third kappa shape index (κ3) is 2.97. The van der Waals surface area contributed by atoms with Crippen LogP contribution in [-0.2, 0) is 0 Å². The molecular weight excluding hydrogens is 330 g/mol. The molecule has 2 aliphatic rings. The molecule has 2 amide bonds. The molecule has 2 aromatic carbocycles. The summed E-state index contributed by atoms with van der Waals surface area (Å²) in [5.41, 5.74) is 0.635. The fraction of sp³-hybridized carbons (Fsp3) is 0.278. The molecule has 1 saturated heterocycles. The summed E-state index contributed by atoms with van der Waals surface area (Å²) in [6.45, 7) is 1.20. The van der Waals surface area contributed by atoms with Crippen molar-refractivity contribution < 1.29 is 23.0 Å². The largest absolute Gasteiger partial charge is 0.454 e. The number of hydrogen-bond donors (Lipinski definition) is 1. The third-order valence-corrected chi connectivity index (χ3v) is 4.54. The lowest BCUT2D eigenvalue weighted by Gasteiger charge is -2.18. The van der Waals surface area contributed by atoms with E-state index in [0.29, 0.717) is 24.6 Å². The number of urea groups is 1. The summed E-state index contributed by atoms with van der Waals surface area (Å²) in [5.74, 6) is -0.0225. The van der Waals surface area contributed by atoms with E-state index in [1.807, 2.05) is 18.2 Å². The molecule has 2 aromatic rings. The summed E-state index contributed by atoms with van der Waals surface area (Å²) in [6, 6.07) is 8.70. The van der Waals surface area contributed by atoms with E-state index in [-0.39, 0.29) is 12.7 Å². The molecule has 0 radical (unpaired) electrons. The van der Waals surface area contributed by atoms with Gasteiger partial charge in [0, 0.05) is 19.0 Å². The fourth-order valence-electron chi connectivity index (χ4n) is 3.19. The van der Waals surface area contributed by atoms with Crippen LogP contribution in [0.15, 0.2) is 36.4 Å². The molecule has 1 unspecified atom stereocenters. The average molecular weight is 346 g/mol. The lowest BCUT2D eigenvalue weighted by Crippen LogP contribution is -2.33. The Labute approximate surface area is 143 Å². The topological polar surface area (TPSA) is 50.8 Å². The van der Waals surface area contributed by atoms with Crippen LogP contribution >= 0.6 is 0 Å². The molecule has 0 aromatic heterocycles. The first-order valence-corrected chi connectivity index (χ1v) is 8.01. The molecule has 130 valence electrons. The number of hydrogen-bond acceptors (Lipinski definition) is 3. The zero-order valence-corrected chi connectivity index (χ0v) is 13.3. The smallest absolute Gasteiger partial charge is 0.322 e. The van der Waals surface area contributed by atoms with Gasteiger partial charge in [-0.3, -0.25) is 0 Å². The van der Waals surface area contributed by atoms with Gasteiger partial charge in [-0.1, -0.05) is 12.1 Å². The highest BCUT2D eigenvalue weighted by Crippen LogP contribution is 2.37. The summed E-state index contributed by atoms with van der Waals surface area (Å²) in [6.07, 6.45) is 0.771. The lowest BCUT2D eigenvalue weighted by atomic mass is 9.98. The number of rotatable bonds is 2. The van der Waals surface area contributed by atoms with E-state index >= 15 is 0 Å². The molecule has 0 saturated carbocycles. The molecule has 4 rings (SSSR count). The minimum absolute atomic E-state index is 0.144. The second-order valence-electron chi connectivity index (χ2n) is 6.07. The molecular formula is C18H16F2N2O3. The zero-order chi connectivity index (χ0) is 17.4. The van der Waals surface area contributed by atoms with E-state index in [9.17, 15) is 13.6 Å². The molecule has 2 aliphatic heterocycles. The van der Waals surface area contributed by atoms with Crippen LogP contribution in [-0.4, -0.2) is 30.8 Å². The van der Waals surface area contributed by atoms with Crippen LogP contribution in [0.2, 0.25) is 0 Å². The van der Waals surface area contributed by atoms with Gasteiger partial charge in [0.25, 0.3) is 0 Å². The Morgan fingerprint density at radius 1 is 1.12 bits per heavy atom. The van der Waals surface area contributed by atoms with E-state index in [2.05, 4.69) is 5.32 Å². The quantitative estimate of drug-likeness (QED) is 0.902. The first-order chi connectivity index (χ1) is 12.1. The summed E-state index contributed by atoms with van der Waals surface area (Å²) >= 11 is 0. The van der Waals surface area contributed by atoms with Crippen molar-refractivity contribution in [2.75, 3.05) is 25.2 Å². The molecule has 5 nitrogen and oxygen atoms in total. The van der Waals surface area contributed by atoms with Gasteiger partial charge in [0.2, 0.25) is 6.79 Å². The van der Waals surface area contributed by atoms with Gasteiger partial charge in [-0.25, -0.2) is 13.6 Å². The zero-order valence-electron chi connectivity index (χ0n) is 13.3. The van der Waals surface area contributed by atoms with E-state index in [1.165, 1.54) is 6.07 Å². The molecule has 25 heavy (non-hydrogen) atoms. The third-order valence-electron chi connectivity index (χ3n) is 4.54. The van der Waals surface area contributed by atoms with Crippen LogP contribution in [0.3, 0.4) is 0 Å². The predicted octanol–water partition coefficient (Wildman–Crippen LogP) is 3.71. The summed E-state index contributed by atoms with van der Waals surface area (Å²) in [7, 11) is 0. The Kier molecular flexibility index (Phi) is 3.91. The highest BCUT2D eigenvalue weighted by Gasteiger charge is 2.29. The Hall–Kier alpha value is -2.83. The van der Waals surface area contributed by atoms with Gasteiger partial charge < -0.3 is 19.7 Å². The number of anilines is 1. The molecule has 7 heteroatoms. The maximum absolute atomic E-state index is 13.7. The molecule has 0 spiro atoms. The number of carbonyl (C=O) groups excluding carboxylic acids is 1. The number of amides is 2. The van der Waals surface area contributed by atoms with Crippen molar-refractivity contribution in [1.82, 2.24) is 4.90 Å². The standard InChI is InChI=1S/C18H16F2N2O3/c19-13-2-1-3-14(20)17(13)21-18(23)22-7-6-12(9-22)11-4-5-15-16(8-11)25-10-24-15/h1-5,8,12H,6-7,9-10H2,(H,21,23). The summed E-state index contributed by atoms with van der Waals surface area (Å²) in [4.78, 5) is 13.9. The van der Waals surface area contributed by atoms with Crippen molar-refractivity contribution in [1.29, 1.82) is 0 Å². The van der Waals surface area contributed by atoms with Gasteiger partial charge in [0.15, 0.2) is 11.5 Å². The first-order valence-electron chi connectivity index (χ1n) is 8.01. The Bertz CT molecular complexity index is 808. The highest BCUT2D eigenvalue weighted by atomic mass is 19.1. The minimum atomic E-state index is -0.792. The second kappa shape index (κ2) is 6.23. The number of halogens is 2. The number of carbonyl (C=O) groups is 1. The number of likely N-dealkylation sites (tertiary alicyclic amines) is 1. The minimum Gasteiger partial charge on any atom is -0.454 e. The van der Waals surface area contributed by atoms with Gasteiger partial charge in [0.05, 0.1) is 0 Å². The highest BCUT2D eigenvalue weighted by molar-refractivity contribution is 5.89. The van der Waals surface area contributed by atoms with Gasteiger partial charge in [-0.2, -0.15) is 0 Å². The van der Waals surface area contributed by atoms with E-state index < -0.39 is 23.4 Å². The van der Waals surface area contributed by atoms with Crippen molar-refractivity contribution in [3.05, 3.63) is 53.6 Å². The number of ether oxygens (including phenoxy) is 2. The Balaban J connectivity index is 1.44. The van der Waals surface area contributed by atoms with Crippen molar-refractivity contribution >= 4 is 11.7 Å². The Morgan fingerprint density at radius 2 is 1.88 bits per heavy atom. The van der Waals surface area contributed by atoms with Crippen molar-refractivity contribution in [3.63, 3.8) is 0 Å².